The molecule has 0 saturated heterocycles. The zero-order valence-corrected chi connectivity index (χ0v) is 5.49. The Balaban J connectivity index is 2.97. The molecule has 0 aliphatic carbocycles. The molecule has 0 radical (unpaired) electrons. The maximum atomic E-state index is 10.2. The molecule has 0 aromatic carbocycles. The molecule has 1 unspecified atom stereocenters. The summed E-state index contributed by atoms with van der Waals surface area (Å²) in [5, 5.41) is 7.99. The quantitative estimate of drug-likeness (QED) is 0.540. The van der Waals surface area contributed by atoms with E-state index in [0.29, 0.717) is 13.0 Å². The first-order valence-corrected chi connectivity index (χ1v) is 3.77. The summed E-state index contributed by atoms with van der Waals surface area (Å²) in [5.74, 6) is 0. The Hall–Kier alpha value is -0.400. The fourth-order valence-corrected chi connectivity index (χ4v) is 0.640. The summed E-state index contributed by atoms with van der Waals surface area (Å²) in [6.07, 6.45) is 1.96. The smallest absolute Gasteiger partial charge is 0.0883 e. The van der Waals surface area contributed by atoms with Gasteiger partial charge in [-0.05, 0) is 0 Å². The molecule has 0 aliphatic rings. The lowest BCUT2D eigenvalue weighted by Gasteiger charge is -1.91. The predicted octanol–water partition coefficient (Wildman–Crippen LogP) is -0.217. The van der Waals surface area contributed by atoms with Crippen LogP contribution in [0.2, 0.25) is 0 Å². The second kappa shape index (κ2) is 4.75. The molecule has 0 fully saturated rings. The van der Waals surface area contributed by atoms with Crippen molar-refractivity contribution >= 4 is 11.0 Å². The Morgan fingerprint density at radius 2 is 2.50 bits per heavy atom. The summed E-state index contributed by atoms with van der Waals surface area (Å²) in [7, 11) is -0.968. The minimum absolute atomic E-state index is 0.416. The van der Waals surface area contributed by atoms with Crippen LogP contribution in [0.4, 0.5) is 0 Å². The van der Waals surface area contributed by atoms with Crippen LogP contribution in [0.1, 0.15) is 6.42 Å². The number of hydrogen-bond acceptors (Lipinski definition) is 2. The Bertz CT molecular complexity index is 118. The predicted molar refractivity (Wildman–Crippen MR) is 32.3 cm³/mol. The molecule has 3 nitrogen and oxygen atoms in total. The van der Waals surface area contributed by atoms with Gasteiger partial charge in [0.15, 0.2) is 0 Å². The highest BCUT2D eigenvalue weighted by molar-refractivity contribution is 7.82. The van der Waals surface area contributed by atoms with Gasteiger partial charge in [-0.25, -0.2) is 8.93 Å². The highest BCUT2D eigenvalue weighted by atomic mass is 32.2. The molecule has 46 valence electrons. The van der Waals surface area contributed by atoms with Crippen LogP contribution in [0.3, 0.4) is 0 Å². The number of nitriles is 1. The number of nitrogens with one attached hydrogen (secondary N) is 1. The highest BCUT2D eigenvalue weighted by Crippen LogP contribution is 1.70. The van der Waals surface area contributed by atoms with E-state index >= 15 is 0 Å². The van der Waals surface area contributed by atoms with Crippen LogP contribution in [0.15, 0.2) is 0 Å². The van der Waals surface area contributed by atoms with Crippen molar-refractivity contribution in [1.29, 1.82) is 5.26 Å². The van der Waals surface area contributed by atoms with Gasteiger partial charge in [-0.3, -0.25) is 0 Å². The summed E-state index contributed by atoms with van der Waals surface area (Å²) < 4.78 is 12.8. The van der Waals surface area contributed by atoms with E-state index in [2.05, 4.69) is 4.72 Å². The van der Waals surface area contributed by atoms with Crippen LogP contribution in [-0.4, -0.2) is 17.0 Å². The van der Waals surface area contributed by atoms with Crippen LogP contribution in [0.5, 0.6) is 0 Å². The Labute approximate surface area is 51.3 Å². The van der Waals surface area contributed by atoms with Crippen molar-refractivity contribution in [2.24, 2.45) is 0 Å². The van der Waals surface area contributed by atoms with Gasteiger partial charge in [0.25, 0.3) is 0 Å². The van der Waals surface area contributed by atoms with Crippen molar-refractivity contribution in [3.63, 3.8) is 0 Å². The topological polar surface area (TPSA) is 52.9 Å². The molecule has 1 atom stereocenters. The van der Waals surface area contributed by atoms with E-state index in [1.54, 1.807) is 0 Å². The van der Waals surface area contributed by atoms with Crippen molar-refractivity contribution < 1.29 is 4.21 Å². The van der Waals surface area contributed by atoms with Gasteiger partial charge in [0.05, 0.1) is 17.1 Å². The molecule has 0 heterocycles. The molecule has 0 aromatic rings. The van der Waals surface area contributed by atoms with Crippen molar-refractivity contribution in [3.8, 4) is 6.07 Å². The van der Waals surface area contributed by atoms with Crippen LogP contribution in [0, 0.1) is 11.3 Å². The van der Waals surface area contributed by atoms with Crippen molar-refractivity contribution in [2.45, 2.75) is 6.42 Å². The van der Waals surface area contributed by atoms with Crippen molar-refractivity contribution in [2.75, 3.05) is 12.8 Å². The van der Waals surface area contributed by atoms with Gasteiger partial charge >= 0.3 is 0 Å². The van der Waals surface area contributed by atoms with Gasteiger partial charge in [0.2, 0.25) is 0 Å². The number of nitrogens with zero attached hydrogens (tertiary/aromatic N) is 1. The van der Waals surface area contributed by atoms with E-state index < -0.39 is 11.0 Å². The molecule has 0 bridgehead atoms. The van der Waals surface area contributed by atoms with Gasteiger partial charge in [-0.2, -0.15) is 5.26 Å². The Kier molecular flexibility index (Phi) is 4.51. The van der Waals surface area contributed by atoms with Crippen LogP contribution in [-0.2, 0) is 11.0 Å². The maximum absolute atomic E-state index is 10.2. The SMILES string of the molecule is CS(=O)NCCC#N. The minimum Gasteiger partial charge on any atom is -0.243 e. The summed E-state index contributed by atoms with van der Waals surface area (Å²) in [6, 6.07) is 1.93. The third kappa shape index (κ3) is 5.60. The largest absolute Gasteiger partial charge is 0.243 e. The fraction of sp³-hybridized carbons (Fsp3) is 0.750. The second-order valence-corrected chi connectivity index (χ2v) is 2.45. The zero-order chi connectivity index (χ0) is 6.41. The van der Waals surface area contributed by atoms with Gasteiger partial charge in [-0.15, -0.1) is 0 Å². The first-order chi connectivity index (χ1) is 3.77. The van der Waals surface area contributed by atoms with Crippen molar-refractivity contribution in [1.82, 2.24) is 4.72 Å². The molecule has 0 aliphatic heterocycles. The Morgan fingerprint density at radius 1 is 1.88 bits per heavy atom. The van der Waals surface area contributed by atoms with Gasteiger partial charge < -0.3 is 0 Å². The number of hydrogen-bond donors (Lipinski definition) is 1. The minimum atomic E-state index is -0.968. The molecule has 0 rings (SSSR count). The molecule has 8 heavy (non-hydrogen) atoms. The van der Waals surface area contributed by atoms with Gasteiger partial charge in [0, 0.05) is 19.2 Å². The van der Waals surface area contributed by atoms with Gasteiger partial charge in [-0.1, -0.05) is 0 Å². The summed E-state index contributed by atoms with van der Waals surface area (Å²) >= 11 is 0. The fourth-order valence-electron chi connectivity index (χ4n) is 0.251. The summed E-state index contributed by atoms with van der Waals surface area (Å²) in [6.45, 7) is 0.514. The van der Waals surface area contributed by atoms with E-state index in [9.17, 15) is 4.21 Å². The van der Waals surface area contributed by atoms with E-state index in [4.69, 9.17) is 5.26 Å². The van der Waals surface area contributed by atoms with Crippen LogP contribution < -0.4 is 4.72 Å². The first kappa shape index (κ1) is 7.60. The average molecular weight is 132 g/mol. The third-order valence-electron chi connectivity index (χ3n) is 0.542. The lowest BCUT2D eigenvalue weighted by molar-refractivity contribution is 0.676. The molecule has 0 aromatic heterocycles. The van der Waals surface area contributed by atoms with Crippen LogP contribution in [0.25, 0.3) is 0 Å². The molecular weight excluding hydrogens is 124 g/mol. The maximum Gasteiger partial charge on any atom is 0.0883 e. The lowest BCUT2D eigenvalue weighted by atomic mass is 10.5. The second-order valence-electron chi connectivity index (χ2n) is 1.26. The lowest BCUT2D eigenvalue weighted by Crippen LogP contribution is -2.16. The molecule has 1 N–H and O–H groups in total. The molecule has 0 spiro atoms. The summed E-state index contributed by atoms with van der Waals surface area (Å²) in [4.78, 5) is 0. The summed E-state index contributed by atoms with van der Waals surface area (Å²) in [5.41, 5.74) is 0. The zero-order valence-electron chi connectivity index (χ0n) is 4.68. The molecule has 0 amide bonds. The van der Waals surface area contributed by atoms with Crippen LogP contribution >= 0.6 is 0 Å². The number of rotatable bonds is 3. The van der Waals surface area contributed by atoms with Gasteiger partial charge in [0.1, 0.15) is 0 Å². The van der Waals surface area contributed by atoms with E-state index in [1.165, 1.54) is 6.26 Å². The molecule has 0 saturated carbocycles. The first-order valence-electron chi connectivity index (χ1n) is 2.21. The average Bonchev–Trinajstić information content (AvgIpc) is 1.66. The standard InChI is InChI=1S/C4H8N2OS/c1-8(7)6-4-2-3-5/h6H,2,4H2,1H3. The normalized spacial score (nSPS) is 12.5. The molecule has 4 heteroatoms. The third-order valence-corrected chi connectivity index (χ3v) is 1.15. The molecular formula is C4H8N2OS. The van der Waals surface area contributed by atoms with E-state index in [0.717, 1.165) is 0 Å². The van der Waals surface area contributed by atoms with E-state index in [-0.39, 0.29) is 0 Å². The van der Waals surface area contributed by atoms with E-state index in [1.807, 2.05) is 6.07 Å². The van der Waals surface area contributed by atoms with Crippen molar-refractivity contribution in [3.05, 3.63) is 0 Å². The Morgan fingerprint density at radius 3 is 2.88 bits per heavy atom. The highest BCUT2D eigenvalue weighted by Gasteiger charge is 1.84. The monoisotopic (exact) mass is 132 g/mol.